The monoisotopic (exact) mass is 103 g/mol. The molecule has 0 nitrogen and oxygen atoms in total. The summed E-state index contributed by atoms with van der Waals surface area (Å²) in [5.74, 6) is 0. The molecule has 0 saturated carbocycles. The Hall–Kier alpha value is 0.140. The fraction of sp³-hybridized carbons (Fsp3) is 0. The molecule has 0 atom stereocenters. The van der Waals surface area contributed by atoms with Crippen LogP contribution in [0, 0.1) is 6.68 Å². The third-order valence-electron chi connectivity index (χ3n) is 0. The molecule has 0 amide bonds. The lowest BCUT2D eigenvalue weighted by Crippen LogP contribution is -1.49. The van der Waals surface area contributed by atoms with E-state index in [1.54, 1.807) is 0 Å². The van der Waals surface area contributed by atoms with Crippen molar-refractivity contribution in [3.8, 4) is 0 Å². The van der Waals surface area contributed by atoms with Crippen molar-refractivity contribution >= 4 is 13.5 Å². The van der Waals surface area contributed by atoms with Crippen LogP contribution in [0.5, 0.6) is 0 Å². The van der Waals surface area contributed by atoms with Crippen LogP contribution in [-0.4, -0.2) is 0 Å². The maximum absolute atomic E-state index is 9.58. The third kappa shape index (κ3) is 967. The van der Waals surface area contributed by atoms with Crippen molar-refractivity contribution in [2.45, 2.75) is 0 Å². The van der Waals surface area contributed by atoms with E-state index < -0.39 is 6.68 Å². The van der Waals surface area contributed by atoms with Gasteiger partial charge in [-0.2, -0.15) is 26.7 Å². The molecular formula is CH2F3S. The van der Waals surface area contributed by atoms with Gasteiger partial charge in [-0.05, 0) is 0 Å². The van der Waals surface area contributed by atoms with Gasteiger partial charge in [-0.3, -0.25) is 0 Å². The highest BCUT2D eigenvalue weighted by molar-refractivity contribution is 7.59. The lowest BCUT2D eigenvalue weighted by Gasteiger charge is -1.60. The number of hydrogen-bond donors (Lipinski definition) is 0. The van der Waals surface area contributed by atoms with Gasteiger partial charge in [-0.15, -0.1) is 0 Å². The van der Waals surface area contributed by atoms with Crippen LogP contribution in [0.15, 0.2) is 0 Å². The SMILES string of the molecule is F[C](F)F.S. The Labute approximate surface area is 34.4 Å². The van der Waals surface area contributed by atoms with Gasteiger partial charge in [0, 0.05) is 0 Å². The summed E-state index contributed by atoms with van der Waals surface area (Å²) in [6.45, 7) is -3.08. The Morgan fingerprint density at radius 2 is 1.00 bits per heavy atom. The van der Waals surface area contributed by atoms with Crippen LogP contribution >= 0.6 is 13.5 Å². The fourth-order valence-corrected chi connectivity index (χ4v) is 0. The summed E-state index contributed by atoms with van der Waals surface area (Å²) in [5.41, 5.74) is 0. The summed E-state index contributed by atoms with van der Waals surface area (Å²) in [6.07, 6.45) is 0. The average Bonchev–Trinajstić information content (AvgIpc) is 0.811. The molecule has 0 N–H and O–H groups in total. The Bertz CT molecular complexity index is 11.6. The maximum Gasteiger partial charge on any atom is 0.487 e. The van der Waals surface area contributed by atoms with Crippen molar-refractivity contribution in [1.82, 2.24) is 0 Å². The van der Waals surface area contributed by atoms with Gasteiger partial charge in [0.2, 0.25) is 0 Å². The summed E-state index contributed by atoms with van der Waals surface area (Å²) < 4.78 is 28.8. The van der Waals surface area contributed by atoms with Gasteiger partial charge in [0.15, 0.2) is 0 Å². The van der Waals surface area contributed by atoms with Crippen LogP contribution in [0.3, 0.4) is 0 Å². The first-order valence-corrected chi connectivity index (χ1v) is 0.567. The van der Waals surface area contributed by atoms with Gasteiger partial charge in [0.05, 0.1) is 0 Å². The minimum Gasteiger partial charge on any atom is -0.197 e. The molecule has 0 aromatic carbocycles. The van der Waals surface area contributed by atoms with E-state index in [0.29, 0.717) is 0 Å². The summed E-state index contributed by atoms with van der Waals surface area (Å²) in [5, 5.41) is 0. The molecule has 0 aliphatic rings. The van der Waals surface area contributed by atoms with E-state index >= 15 is 0 Å². The van der Waals surface area contributed by atoms with Crippen molar-refractivity contribution in [2.75, 3.05) is 0 Å². The summed E-state index contributed by atoms with van der Waals surface area (Å²) in [4.78, 5) is 0. The highest BCUT2D eigenvalue weighted by Crippen LogP contribution is 1.99. The van der Waals surface area contributed by atoms with Gasteiger partial charge >= 0.3 is 6.68 Å². The summed E-state index contributed by atoms with van der Waals surface area (Å²) >= 11 is 0. The van der Waals surface area contributed by atoms with E-state index in [-0.39, 0.29) is 13.5 Å². The summed E-state index contributed by atoms with van der Waals surface area (Å²) in [6, 6.07) is 0. The molecule has 0 spiro atoms. The number of hydrogen-bond acceptors (Lipinski definition) is 0. The normalized spacial score (nSPS) is 7.20. The summed E-state index contributed by atoms with van der Waals surface area (Å²) in [7, 11) is 0. The molecule has 0 unspecified atom stereocenters. The molecule has 0 bridgehead atoms. The minimum absolute atomic E-state index is 0. The van der Waals surface area contributed by atoms with Crippen LogP contribution in [0.4, 0.5) is 13.2 Å². The van der Waals surface area contributed by atoms with E-state index in [4.69, 9.17) is 0 Å². The average molecular weight is 103 g/mol. The Morgan fingerprint density at radius 1 is 1.00 bits per heavy atom. The van der Waals surface area contributed by atoms with Crippen LogP contribution in [0.25, 0.3) is 0 Å². The first kappa shape index (κ1) is 8.94. The Kier molecular flexibility index (Phi) is 7.40. The van der Waals surface area contributed by atoms with Crippen molar-refractivity contribution in [1.29, 1.82) is 0 Å². The number of rotatable bonds is 0. The first-order valence-electron chi connectivity index (χ1n) is 0.567. The molecule has 0 aromatic rings. The zero-order valence-corrected chi connectivity index (χ0v) is 3.13. The molecule has 0 heterocycles. The quantitative estimate of drug-likeness (QED) is 0.435. The molecule has 0 aromatic heterocycles. The lowest BCUT2D eigenvalue weighted by molar-refractivity contribution is 0.142. The second-order valence-electron chi connectivity index (χ2n) is 0.214. The second kappa shape index (κ2) is 4.14. The second-order valence-corrected chi connectivity index (χ2v) is 0.214. The Morgan fingerprint density at radius 3 is 1.00 bits per heavy atom. The molecule has 0 aliphatic carbocycles. The Balaban J connectivity index is 0. The largest absolute Gasteiger partial charge is 0.487 e. The van der Waals surface area contributed by atoms with Crippen LogP contribution in [0.1, 0.15) is 0 Å². The molecule has 4 heteroatoms. The molecule has 33 valence electrons. The molecule has 5 heavy (non-hydrogen) atoms. The minimum atomic E-state index is -3.08. The van der Waals surface area contributed by atoms with Gasteiger partial charge in [0.1, 0.15) is 0 Å². The van der Waals surface area contributed by atoms with Gasteiger partial charge < -0.3 is 0 Å². The van der Waals surface area contributed by atoms with E-state index in [0.717, 1.165) is 0 Å². The fourth-order valence-electron chi connectivity index (χ4n) is 0. The van der Waals surface area contributed by atoms with Gasteiger partial charge in [-0.25, -0.2) is 0 Å². The van der Waals surface area contributed by atoms with E-state index in [1.807, 2.05) is 0 Å². The standard InChI is InChI=1S/CF3.H2S/c2-1(3)4;/h;1H2. The van der Waals surface area contributed by atoms with Crippen molar-refractivity contribution in [3.63, 3.8) is 0 Å². The van der Waals surface area contributed by atoms with Crippen LogP contribution < -0.4 is 0 Å². The van der Waals surface area contributed by atoms with Crippen molar-refractivity contribution in [2.24, 2.45) is 0 Å². The van der Waals surface area contributed by atoms with E-state index in [1.165, 1.54) is 0 Å². The molecular weight excluding hydrogens is 101 g/mol. The van der Waals surface area contributed by atoms with Crippen LogP contribution in [0.2, 0.25) is 0 Å². The van der Waals surface area contributed by atoms with E-state index in [9.17, 15) is 13.2 Å². The smallest absolute Gasteiger partial charge is 0.197 e. The van der Waals surface area contributed by atoms with Crippen molar-refractivity contribution in [3.05, 3.63) is 6.68 Å². The third-order valence-corrected chi connectivity index (χ3v) is 0. The van der Waals surface area contributed by atoms with E-state index in [2.05, 4.69) is 0 Å². The van der Waals surface area contributed by atoms with Gasteiger partial charge in [0.25, 0.3) is 0 Å². The lowest BCUT2D eigenvalue weighted by atomic mass is 11.6. The number of halogens is 3. The molecule has 0 fully saturated rings. The maximum atomic E-state index is 9.58. The first-order chi connectivity index (χ1) is 1.73. The van der Waals surface area contributed by atoms with Crippen molar-refractivity contribution < 1.29 is 13.2 Å². The predicted octanol–water partition coefficient (Wildman–Crippen LogP) is 1.45. The molecule has 0 rings (SSSR count). The molecule has 1 radical (unpaired) electrons. The van der Waals surface area contributed by atoms with Crippen LogP contribution in [-0.2, 0) is 0 Å². The zero-order chi connectivity index (χ0) is 3.58. The highest BCUT2D eigenvalue weighted by Gasteiger charge is 1.93. The van der Waals surface area contributed by atoms with Gasteiger partial charge in [-0.1, -0.05) is 0 Å². The zero-order valence-electron chi connectivity index (χ0n) is 2.13. The molecule has 0 saturated heterocycles. The topological polar surface area (TPSA) is 0 Å². The molecule has 0 aliphatic heterocycles. The predicted molar refractivity (Wildman–Crippen MR) is 16.9 cm³/mol. The highest BCUT2D eigenvalue weighted by atomic mass is 32.1.